The summed E-state index contributed by atoms with van der Waals surface area (Å²) in [5.74, 6) is 0. The number of hydrogen-bond acceptors (Lipinski definition) is 3. The molecule has 0 amide bonds. The lowest BCUT2D eigenvalue weighted by Crippen LogP contribution is -2.17. The summed E-state index contributed by atoms with van der Waals surface area (Å²) < 4.78 is 28.9. The lowest BCUT2D eigenvalue weighted by atomic mass is 10.0. The van der Waals surface area contributed by atoms with Gasteiger partial charge in [-0.05, 0) is 77.0 Å². The molecular formula is C38H70O3S. The molecule has 246 valence electrons. The van der Waals surface area contributed by atoms with Crippen LogP contribution in [-0.4, -0.2) is 20.8 Å². The first-order valence-corrected chi connectivity index (χ1v) is 19.8. The fraction of sp³-hybridized carbons (Fsp3) is 0.789. The second-order valence-electron chi connectivity index (χ2n) is 12.2. The van der Waals surface area contributed by atoms with Gasteiger partial charge < -0.3 is 0 Å². The second kappa shape index (κ2) is 32.8. The Hall–Kier alpha value is -1.13. The van der Waals surface area contributed by atoms with Gasteiger partial charge in [-0.15, -0.1) is 0 Å². The molecule has 0 aromatic rings. The lowest BCUT2D eigenvalue weighted by Gasteiger charge is -2.16. The van der Waals surface area contributed by atoms with E-state index in [4.69, 9.17) is 4.18 Å². The summed E-state index contributed by atoms with van der Waals surface area (Å²) >= 11 is 0. The van der Waals surface area contributed by atoms with Crippen molar-refractivity contribution in [3.05, 3.63) is 48.6 Å². The molecule has 0 rings (SSSR count). The van der Waals surface area contributed by atoms with Crippen molar-refractivity contribution in [2.45, 2.75) is 187 Å². The molecule has 0 bridgehead atoms. The Kier molecular flexibility index (Phi) is 31.9. The summed E-state index contributed by atoms with van der Waals surface area (Å²) in [6.45, 7) is 4.50. The van der Waals surface area contributed by atoms with Crippen molar-refractivity contribution in [2.24, 2.45) is 0 Å². The Morgan fingerprint density at radius 2 is 0.762 bits per heavy atom. The van der Waals surface area contributed by atoms with E-state index in [9.17, 15) is 8.42 Å². The molecule has 0 heterocycles. The Morgan fingerprint density at radius 3 is 1.10 bits per heavy atom. The molecule has 0 fully saturated rings. The molecule has 0 saturated carbocycles. The highest BCUT2D eigenvalue weighted by Crippen LogP contribution is 2.18. The summed E-state index contributed by atoms with van der Waals surface area (Å²) in [4.78, 5) is 0. The first kappa shape index (κ1) is 40.9. The van der Waals surface area contributed by atoms with Crippen molar-refractivity contribution in [1.82, 2.24) is 0 Å². The van der Waals surface area contributed by atoms with Crippen molar-refractivity contribution >= 4 is 10.1 Å². The van der Waals surface area contributed by atoms with Crippen LogP contribution in [0.4, 0.5) is 0 Å². The van der Waals surface area contributed by atoms with Gasteiger partial charge in [0.2, 0.25) is 0 Å². The largest absolute Gasteiger partial charge is 0.267 e. The number of rotatable bonds is 32. The minimum atomic E-state index is -3.39. The topological polar surface area (TPSA) is 43.4 Å². The van der Waals surface area contributed by atoms with Gasteiger partial charge in [-0.1, -0.05) is 152 Å². The van der Waals surface area contributed by atoms with Gasteiger partial charge in [-0.25, -0.2) is 0 Å². The average molecular weight is 607 g/mol. The number of hydrogen-bond donors (Lipinski definition) is 0. The third-order valence-corrected chi connectivity index (χ3v) is 8.39. The molecule has 0 aliphatic heterocycles. The van der Waals surface area contributed by atoms with E-state index in [-0.39, 0.29) is 6.10 Å². The molecule has 0 aliphatic carbocycles. The van der Waals surface area contributed by atoms with E-state index in [0.717, 1.165) is 38.5 Å². The van der Waals surface area contributed by atoms with Crippen molar-refractivity contribution in [1.29, 1.82) is 0 Å². The fourth-order valence-corrected chi connectivity index (χ4v) is 5.90. The highest BCUT2D eigenvalue weighted by molar-refractivity contribution is 7.86. The predicted molar refractivity (Wildman–Crippen MR) is 188 cm³/mol. The lowest BCUT2D eigenvalue weighted by molar-refractivity contribution is 0.182. The maximum atomic E-state index is 11.7. The predicted octanol–water partition coefficient (Wildman–Crippen LogP) is 12.7. The van der Waals surface area contributed by atoms with Crippen LogP contribution in [0.15, 0.2) is 48.6 Å². The zero-order valence-corrected chi connectivity index (χ0v) is 29.0. The molecule has 0 atom stereocenters. The van der Waals surface area contributed by atoms with Crippen molar-refractivity contribution in [2.75, 3.05) is 6.26 Å². The van der Waals surface area contributed by atoms with Crippen LogP contribution < -0.4 is 0 Å². The molecule has 0 radical (unpaired) electrons. The van der Waals surface area contributed by atoms with Gasteiger partial charge in [0.1, 0.15) is 0 Å². The quantitative estimate of drug-likeness (QED) is 0.0434. The number of allylic oxidation sites excluding steroid dienone is 8. The van der Waals surface area contributed by atoms with Crippen molar-refractivity contribution in [3.63, 3.8) is 0 Å². The van der Waals surface area contributed by atoms with Crippen LogP contribution in [0, 0.1) is 0 Å². The maximum Gasteiger partial charge on any atom is 0.264 e. The third kappa shape index (κ3) is 35.1. The molecule has 0 aliphatic rings. The Bertz CT molecular complexity index is 715. The highest BCUT2D eigenvalue weighted by atomic mass is 32.2. The van der Waals surface area contributed by atoms with Crippen LogP contribution in [0.2, 0.25) is 0 Å². The third-order valence-electron chi connectivity index (χ3n) is 7.76. The fourth-order valence-electron chi connectivity index (χ4n) is 5.21. The molecule has 42 heavy (non-hydrogen) atoms. The smallest absolute Gasteiger partial charge is 0.264 e. The van der Waals surface area contributed by atoms with E-state index in [1.165, 1.54) is 135 Å². The average Bonchev–Trinajstić information content (AvgIpc) is 2.95. The number of unbranched alkanes of at least 4 members (excludes halogenated alkanes) is 18. The van der Waals surface area contributed by atoms with Gasteiger partial charge >= 0.3 is 0 Å². The van der Waals surface area contributed by atoms with Gasteiger partial charge in [-0.2, -0.15) is 8.42 Å². The van der Waals surface area contributed by atoms with Crippen molar-refractivity contribution in [3.8, 4) is 0 Å². The Balaban J connectivity index is 3.75. The van der Waals surface area contributed by atoms with Gasteiger partial charge in [0.15, 0.2) is 0 Å². The molecule has 0 aromatic heterocycles. The SMILES string of the molecule is CCCCC/C=C\C/C=C\CCCCCCCCC(CCCCCCCC/C=C\C/C=C\CCCCC)OS(C)(=O)=O. The van der Waals surface area contributed by atoms with E-state index >= 15 is 0 Å². The minimum Gasteiger partial charge on any atom is -0.267 e. The summed E-state index contributed by atoms with van der Waals surface area (Å²) in [6.07, 6.45) is 50.7. The molecule has 0 saturated heterocycles. The van der Waals surface area contributed by atoms with Crippen LogP contribution >= 0.6 is 0 Å². The molecule has 0 spiro atoms. The monoisotopic (exact) mass is 607 g/mol. The zero-order chi connectivity index (χ0) is 30.8. The highest BCUT2D eigenvalue weighted by Gasteiger charge is 2.15. The zero-order valence-electron chi connectivity index (χ0n) is 28.2. The van der Waals surface area contributed by atoms with E-state index < -0.39 is 10.1 Å². The van der Waals surface area contributed by atoms with E-state index in [1.807, 2.05) is 0 Å². The molecule has 3 nitrogen and oxygen atoms in total. The maximum absolute atomic E-state index is 11.7. The van der Waals surface area contributed by atoms with Crippen LogP contribution in [0.1, 0.15) is 181 Å². The summed E-state index contributed by atoms with van der Waals surface area (Å²) in [5.41, 5.74) is 0. The molecule has 0 unspecified atom stereocenters. The standard InChI is InChI=1S/C38H70O3S/c1-4-6-8-10-12-14-16-18-20-22-24-26-28-30-32-34-36-38(41-42(3,39)40)37-35-33-31-29-27-25-23-21-19-17-15-13-11-9-7-5-2/h12-15,18-21,38H,4-11,16-17,22-37H2,1-3H3/b14-12-,15-13-,20-18-,21-19-. The second-order valence-corrected chi connectivity index (χ2v) is 13.8. The van der Waals surface area contributed by atoms with E-state index in [2.05, 4.69) is 62.5 Å². The summed E-state index contributed by atoms with van der Waals surface area (Å²) in [6, 6.07) is 0. The Labute approximate surface area is 263 Å². The van der Waals surface area contributed by atoms with Gasteiger partial charge in [-0.3, -0.25) is 4.18 Å². The molecule has 4 heteroatoms. The molecular weight excluding hydrogens is 536 g/mol. The van der Waals surface area contributed by atoms with Crippen LogP contribution in [0.25, 0.3) is 0 Å². The first-order valence-electron chi connectivity index (χ1n) is 18.0. The van der Waals surface area contributed by atoms with Gasteiger partial charge in [0.25, 0.3) is 10.1 Å². The molecule has 0 aromatic carbocycles. The normalized spacial score (nSPS) is 12.9. The van der Waals surface area contributed by atoms with Crippen LogP contribution in [0.3, 0.4) is 0 Å². The Morgan fingerprint density at radius 1 is 0.452 bits per heavy atom. The van der Waals surface area contributed by atoms with Gasteiger partial charge in [0.05, 0.1) is 12.4 Å². The summed E-state index contributed by atoms with van der Waals surface area (Å²) in [7, 11) is -3.39. The van der Waals surface area contributed by atoms with Crippen LogP contribution in [-0.2, 0) is 14.3 Å². The summed E-state index contributed by atoms with van der Waals surface area (Å²) in [5, 5.41) is 0. The van der Waals surface area contributed by atoms with E-state index in [1.54, 1.807) is 0 Å². The van der Waals surface area contributed by atoms with Gasteiger partial charge in [0, 0.05) is 0 Å². The van der Waals surface area contributed by atoms with Crippen molar-refractivity contribution < 1.29 is 12.6 Å². The minimum absolute atomic E-state index is 0.142. The van der Waals surface area contributed by atoms with Crippen LogP contribution in [0.5, 0.6) is 0 Å². The molecule has 0 N–H and O–H groups in total. The first-order chi connectivity index (χ1) is 20.5. The van der Waals surface area contributed by atoms with E-state index in [0.29, 0.717) is 0 Å².